The molecule has 2 heterocycles. The number of rotatable bonds is 5. The van der Waals surface area contributed by atoms with Crippen LogP contribution in [0.25, 0.3) is 0 Å². The first kappa shape index (κ1) is 16.3. The van der Waals surface area contributed by atoms with Gasteiger partial charge in [-0.05, 0) is 37.7 Å². The zero-order chi connectivity index (χ0) is 17.2. The quantitative estimate of drug-likeness (QED) is 0.766. The Morgan fingerprint density at radius 2 is 1.84 bits per heavy atom. The highest BCUT2D eigenvalue weighted by Gasteiger charge is 2.30. The molecule has 6 heteroatoms. The average Bonchev–Trinajstić information content (AvgIpc) is 3.36. The lowest BCUT2D eigenvalue weighted by Crippen LogP contribution is -2.20. The fourth-order valence-electron chi connectivity index (χ4n) is 3.75. The Kier molecular flexibility index (Phi) is 4.57. The molecule has 1 aromatic heterocycles. The van der Waals surface area contributed by atoms with Crippen LogP contribution >= 0.6 is 11.6 Å². The highest BCUT2D eigenvalue weighted by atomic mass is 35.5. The SMILES string of the molecule is O=C(C1=C(N2CCCC2)CCC1)c1nnn(Cc2ccccc2)c1Cl. The van der Waals surface area contributed by atoms with Crippen molar-refractivity contribution < 1.29 is 4.79 Å². The third kappa shape index (κ3) is 3.21. The summed E-state index contributed by atoms with van der Waals surface area (Å²) in [5.41, 5.74) is 3.45. The number of Topliss-reactive ketones (excluding diaryl/α,β-unsaturated/α-hetero) is 1. The van der Waals surface area contributed by atoms with E-state index in [9.17, 15) is 4.79 Å². The summed E-state index contributed by atoms with van der Waals surface area (Å²) >= 11 is 6.44. The highest BCUT2D eigenvalue weighted by Crippen LogP contribution is 2.33. The maximum absolute atomic E-state index is 13.0. The minimum Gasteiger partial charge on any atom is -0.374 e. The van der Waals surface area contributed by atoms with Crippen molar-refractivity contribution in [2.24, 2.45) is 0 Å². The summed E-state index contributed by atoms with van der Waals surface area (Å²) in [7, 11) is 0. The summed E-state index contributed by atoms with van der Waals surface area (Å²) in [6.45, 7) is 2.62. The monoisotopic (exact) mass is 356 g/mol. The van der Waals surface area contributed by atoms with Gasteiger partial charge in [0, 0.05) is 24.4 Å². The average molecular weight is 357 g/mol. The van der Waals surface area contributed by atoms with E-state index in [4.69, 9.17) is 11.6 Å². The van der Waals surface area contributed by atoms with Gasteiger partial charge in [-0.15, -0.1) is 5.10 Å². The predicted molar refractivity (Wildman–Crippen MR) is 96.6 cm³/mol. The standard InChI is InChI=1S/C19H21ClN4O/c20-19-17(21-22-24(19)13-14-7-2-1-3-8-14)18(25)15-9-6-10-16(15)23-11-4-5-12-23/h1-3,7-8H,4-6,9-13H2. The Morgan fingerprint density at radius 3 is 2.60 bits per heavy atom. The summed E-state index contributed by atoms with van der Waals surface area (Å²) in [5.74, 6) is -0.0521. The van der Waals surface area contributed by atoms with Gasteiger partial charge in [-0.1, -0.05) is 47.1 Å². The Hall–Kier alpha value is -2.14. The third-order valence-electron chi connectivity index (χ3n) is 5.02. The number of hydrogen-bond acceptors (Lipinski definition) is 4. The van der Waals surface area contributed by atoms with Crippen molar-refractivity contribution in [3.8, 4) is 0 Å². The summed E-state index contributed by atoms with van der Waals surface area (Å²) in [5, 5.41) is 8.53. The molecular weight excluding hydrogens is 336 g/mol. The van der Waals surface area contributed by atoms with Gasteiger partial charge in [-0.25, -0.2) is 4.68 Å². The molecule has 0 radical (unpaired) electrons. The largest absolute Gasteiger partial charge is 0.374 e. The number of allylic oxidation sites excluding steroid dienone is 2. The minimum absolute atomic E-state index is 0.0521. The number of likely N-dealkylation sites (tertiary alicyclic amines) is 1. The molecule has 4 rings (SSSR count). The van der Waals surface area contributed by atoms with Crippen molar-refractivity contribution in [1.82, 2.24) is 19.9 Å². The molecule has 1 aromatic carbocycles. The first-order valence-corrected chi connectivity index (χ1v) is 9.26. The molecule has 1 fully saturated rings. The number of hydrogen-bond donors (Lipinski definition) is 0. The predicted octanol–water partition coefficient (Wildman–Crippen LogP) is 3.70. The zero-order valence-electron chi connectivity index (χ0n) is 14.1. The number of carbonyl (C=O) groups is 1. The van der Waals surface area contributed by atoms with Crippen LogP contribution in [0.4, 0.5) is 0 Å². The first-order chi connectivity index (χ1) is 12.2. The molecule has 1 aliphatic carbocycles. The van der Waals surface area contributed by atoms with E-state index in [1.54, 1.807) is 4.68 Å². The summed E-state index contributed by atoms with van der Waals surface area (Å²) in [6.07, 6.45) is 5.24. The fourth-order valence-corrected chi connectivity index (χ4v) is 3.97. The molecule has 0 unspecified atom stereocenters. The molecule has 2 aromatic rings. The molecule has 2 aliphatic rings. The van der Waals surface area contributed by atoms with Gasteiger partial charge < -0.3 is 4.90 Å². The van der Waals surface area contributed by atoms with Crippen LogP contribution in [0, 0.1) is 0 Å². The lowest BCUT2D eigenvalue weighted by Gasteiger charge is -2.20. The summed E-state index contributed by atoms with van der Waals surface area (Å²) in [4.78, 5) is 15.4. The molecule has 0 saturated carbocycles. The van der Waals surface area contributed by atoms with Crippen LogP contribution < -0.4 is 0 Å². The van der Waals surface area contributed by atoms with Crippen LogP contribution in [-0.2, 0) is 6.54 Å². The van der Waals surface area contributed by atoms with E-state index in [1.165, 1.54) is 18.5 Å². The van der Waals surface area contributed by atoms with Crippen molar-refractivity contribution >= 4 is 17.4 Å². The van der Waals surface area contributed by atoms with Crippen molar-refractivity contribution in [2.75, 3.05) is 13.1 Å². The van der Waals surface area contributed by atoms with Crippen LogP contribution in [0.2, 0.25) is 5.15 Å². The number of carbonyl (C=O) groups excluding carboxylic acids is 1. The van der Waals surface area contributed by atoms with Gasteiger partial charge in [0.25, 0.3) is 0 Å². The second-order valence-corrected chi connectivity index (χ2v) is 7.03. The van der Waals surface area contributed by atoms with Crippen LogP contribution in [0.5, 0.6) is 0 Å². The third-order valence-corrected chi connectivity index (χ3v) is 5.39. The number of aromatic nitrogens is 3. The van der Waals surface area contributed by atoms with Crippen molar-refractivity contribution in [3.63, 3.8) is 0 Å². The van der Waals surface area contributed by atoms with Gasteiger partial charge in [0.2, 0.25) is 5.78 Å². The topological polar surface area (TPSA) is 51.0 Å². The molecule has 0 atom stereocenters. The Morgan fingerprint density at radius 1 is 1.08 bits per heavy atom. The Balaban J connectivity index is 1.59. The van der Waals surface area contributed by atoms with Gasteiger partial charge >= 0.3 is 0 Å². The molecule has 25 heavy (non-hydrogen) atoms. The van der Waals surface area contributed by atoms with Crippen LogP contribution in [0.15, 0.2) is 41.6 Å². The van der Waals surface area contributed by atoms with E-state index in [-0.39, 0.29) is 11.5 Å². The van der Waals surface area contributed by atoms with Gasteiger partial charge in [0.15, 0.2) is 10.8 Å². The number of ketones is 1. The maximum atomic E-state index is 13.0. The van der Waals surface area contributed by atoms with Crippen molar-refractivity contribution in [1.29, 1.82) is 0 Å². The number of benzene rings is 1. The van der Waals surface area contributed by atoms with E-state index in [0.29, 0.717) is 11.7 Å². The van der Waals surface area contributed by atoms with Crippen molar-refractivity contribution in [2.45, 2.75) is 38.6 Å². The number of halogens is 1. The fraction of sp³-hybridized carbons (Fsp3) is 0.421. The lowest BCUT2D eigenvalue weighted by molar-refractivity contribution is 0.102. The zero-order valence-corrected chi connectivity index (χ0v) is 14.9. The van der Waals surface area contributed by atoms with Crippen LogP contribution in [-0.4, -0.2) is 38.8 Å². The van der Waals surface area contributed by atoms with Gasteiger partial charge in [0.05, 0.1) is 6.54 Å². The molecule has 1 saturated heterocycles. The molecule has 0 spiro atoms. The molecule has 1 aliphatic heterocycles. The smallest absolute Gasteiger partial charge is 0.214 e. The molecule has 0 N–H and O–H groups in total. The molecule has 5 nitrogen and oxygen atoms in total. The minimum atomic E-state index is -0.0521. The van der Waals surface area contributed by atoms with Crippen LogP contribution in [0.3, 0.4) is 0 Å². The Bertz CT molecular complexity index is 806. The van der Waals surface area contributed by atoms with E-state index >= 15 is 0 Å². The van der Waals surface area contributed by atoms with Crippen molar-refractivity contribution in [3.05, 3.63) is 58.0 Å². The molecular formula is C19H21ClN4O. The Labute approximate surface area is 152 Å². The molecule has 130 valence electrons. The maximum Gasteiger partial charge on any atom is 0.214 e. The lowest BCUT2D eigenvalue weighted by atomic mass is 10.1. The normalized spacial score (nSPS) is 17.6. The molecule has 0 amide bonds. The highest BCUT2D eigenvalue weighted by molar-refractivity contribution is 6.33. The number of nitrogens with zero attached hydrogens (tertiary/aromatic N) is 4. The summed E-state index contributed by atoms with van der Waals surface area (Å²) < 4.78 is 1.59. The summed E-state index contributed by atoms with van der Waals surface area (Å²) in [6, 6.07) is 9.92. The first-order valence-electron chi connectivity index (χ1n) is 8.88. The van der Waals surface area contributed by atoms with Gasteiger partial charge in [-0.2, -0.15) is 0 Å². The second-order valence-electron chi connectivity index (χ2n) is 6.67. The second kappa shape index (κ2) is 7.00. The van der Waals surface area contributed by atoms with E-state index in [2.05, 4.69) is 15.2 Å². The van der Waals surface area contributed by atoms with E-state index < -0.39 is 0 Å². The van der Waals surface area contributed by atoms with Crippen LogP contribution in [0.1, 0.15) is 48.2 Å². The van der Waals surface area contributed by atoms with E-state index in [1.807, 2.05) is 30.3 Å². The van der Waals surface area contributed by atoms with E-state index in [0.717, 1.165) is 43.5 Å². The van der Waals surface area contributed by atoms with Gasteiger partial charge in [0.1, 0.15) is 0 Å². The van der Waals surface area contributed by atoms with Gasteiger partial charge in [-0.3, -0.25) is 4.79 Å². The molecule has 0 bridgehead atoms.